The summed E-state index contributed by atoms with van der Waals surface area (Å²) in [7, 11) is 0. The second-order valence-corrected chi connectivity index (χ2v) is 6.02. The third-order valence-electron chi connectivity index (χ3n) is 3.99. The molecule has 0 saturated carbocycles. The number of carboxylic acid groups (broad SMARTS) is 1. The lowest BCUT2D eigenvalue weighted by Crippen LogP contribution is -2.14. The first kappa shape index (κ1) is 18.4. The number of hydrogen-bond donors (Lipinski definition) is 2. The Morgan fingerprint density at radius 2 is 1.72 bits per heavy atom. The third-order valence-corrected chi connectivity index (χ3v) is 3.99. The second-order valence-electron chi connectivity index (χ2n) is 6.02. The molecule has 0 fully saturated rings. The van der Waals surface area contributed by atoms with Gasteiger partial charge in [0.15, 0.2) is 5.78 Å². The number of hydrogen-bond acceptors (Lipinski definition) is 3. The molecule has 25 heavy (non-hydrogen) atoms. The van der Waals surface area contributed by atoms with E-state index in [-0.39, 0.29) is 24.5 Å². The molecule has 5 heteroatoms. The van der Waals surface area contributed by atoms with Crippen LogP contribution < -0.4 is 5.32 Å². The number of amides is 1. The molecule has 0 aliphatic rings. The van der Waals surface area contributed by atoms with E-state index in [4.69, 9.17) is 5.11 Å². The van der Waals surface area contributed by atoms with Gasteiger partial charge in [-0.15, -0.1) is 0 Å². The molecule has 0 aromatic heterocycles. The van der Waals surface area contributed by atoms with Crippen molar-refractivity contribution in [2.24, 2.45) is 0 Å². The van der Waals surface area contributed by atoms with E-state index in [0.29, 0.717) is 16.8 Å². The molecule has 2 N–H and O–H groups in total. The van der Waals surface area contributed by atoms with Crippen LogP contribution in [0.2, 0.25) is 0 Å². The lowest BCUT2D eigenvalue weighted by Gasteiger charge is -2.10. The van der Waals surface area contributed by atoms with E-state index in [1.807, 2.05) is 19.1 Å². The molecule has 2 aromatic carbocycles. The smallest absolute Gasteiger partial charge is 0.310 e. The van der Waals surface area contributed by atoms with Crippen LogP contribution in [0.1, 0.15) is 47.2 Å². The lowest BCUT2D eigenvalue weighted by molar-refractivity contribution is -0.138. The molecular weight excluding hydrogens is 318 g/mol. The summed E-state index contributed by atoms with van der Waals surface area (Å²) in [6.07, 6.45) is 0.200. The SMILES string of the molecule is Cc1ccc(C(=O)CCC(=O)Nc2cccc(C(C)C(=O)O)c2)cc1. The van der Waals surface area contributed by atoms with E-state index in [0.717, 1.165) is 5.56 Å². The molecule has 2 aromatic rings. The van der Waals surface area contributed by atoms with Crippen molar-refractivity contribution in [3.63, 3.8) is 0 Å². The number of aryl methyl sites for hydroxylation is 1. The average Bonchev–Trinajstić information content (AvgIpc) is 2.59. The Morgan fingerprint density at radius 1 is 1.04 bits per heavy atom. The van der Waals surface area contributed by atoms with Crippen molar-refractivity contribution in [1.29, 1.82) is 0 Å². The molecule has 1 amide bonds. The number of carbonyl (C=O) groups is 3. The van der Waals surface area contributed by atoms with Gasteiger partial charge in [0.05, 0.1) is 5.92 Å². The standard InChI is InChI=1S/C20H21NO4/c1-13-6-8-15(9-7-13)18(22)10-11-19(23)21-17-5-3-4-16(12-17)14(2)20(24)25/h3-9,12,14H,10-11H2,1-2H3,(H,21,23)(H,24,25). The highest BCUT2D eigenvalue weighted by Crippen LogP contribution is 2.19. The molecule has 0 saturated heterocycles. The predicted octanol–water partition coefficient (Wildman–Crippen LogP) is 3.78. The summed E-state index contributed by atoms with van der Waals surface area (Å²) in [6.45, 7) is 3.53. The van der Waals surface area contributed by atoms with Gasteiger partial charge in [-0.1, -0.05) is 42.0 Å². The molecule has 0 aliphatic carbocycles. The number of anilines is 1. The minimum absolute atomic E-state index is 0.0748. The Morgan fingerprint density at radius 3 is 2.36 bits per heavy atom. The summed E-state index contributed by atoms with van der Waals surface area (Å²) in [4.78, 5) is 35.2. The number of ketones is 1. The number of nitrogens with one attached hydrogen (secondary N) is 1. The molecule has 130 valence electrons. The normalized spacial score (nSPS) is 11.6. The first-order chi connectivity index (χ1) is 11.9. The van der Waals surface area contributed by atoms with Gasteiger partial charge >= 0.3 is 5.97 Å². The van der Waals surface area contributed by atoms with E-state index in [1.54, 1.807) is 43.3 Å². The van der Waals surface area contributed by atoms with Gasteiger partial charge in [-0.05, 0) is 31.5 Å². The van der Waals surface area contributed by atoms with Crippen LogP contribution >= 0.6 is 0 Å². The van der Waals surface area contributed by atoms with Crippen molar-refractivity contribution in [3.8, 4) is 0 Å². The monoisotopic (exact) mass is 339 g/mol. The minimum Gasteiger partial charge on any atom is -0.481 e. The van der Waals surface area contributed by atoms with Gasteiger partial charge < -0.3 is 10.4 Å². The zero-order chi connectivity index (χ0) is 18.4. The van der Waals surface area contributed by atoms with Gasteiger partial charge in [0.1, 0.15) is 0 Å². The van der Waals surface area contributed by atoms with Crippen LogP contribution in [-0.4, -0.2) is 22.8 Å². The van der Waals surface area contributed by atoms with Crippen molar-refractivity contribution in [2.45, 2.75) is 32.6 Å². The molecule has 0 bridgehead atoms. The number of Topliss-reactive ketones (excluding diaryl/α,β-unsaturated/α-hetero) is 1. The van der Waals surface area contributed by atoms with Crippen molar-refractivity contribution in [1.82, 2.24) is 0 Å². The fourth-order valence-electron chi connectivity index (χ4n) is 2.36. The van der Waals surface area contributed by atoms with Crippen LogP contribution in [0.25, 0.3) is 0 Å². The number of aliphatic carboxylic acids is 1. The summed E-state index contributed by atoms with van der Waals surface area (Å²) in [5, 5.41) is 11.8. The van der Waals surface area contributed by atoms with E-state index >= 15 is 0 Å². The van der Waals surface area contributed by atoms with Crippen molar-refractivity contribution < 1.29 is 19.5 Å². The molecule has 5 nitrogen and oxygen atoms in total. The van der Waals surface area contributed by atoms with Crippen molar-refractivity contribution in [3.05, 3.63) is 65.2 Å². The topological polar surface area (TPSA) is 83.5 Å². The molecule has 1 atom stereocenters. The zero-order valence-corrected chi connectivity index (χ0v) is 14.3. The zero-order valence-electron chi connectivity index (χ0n) is 14.3. The summed E-state index contributed by atoms with van der Waals surface area (Å²) in [5.41, 5.74) is 2.81. The van der Waals surface area contributed by atoms with E-state index < -0.39 is 11.9 Å². The van der Waals surface area contributed by atoms with Crippen molar-refractivity contribution >= 4 is 23.3 Å². The summed E-state index contributed by atoms with van der Waals surface area (Å²) < 4.78 is 0. The summed E-state index contributed by atoms with van der Waals surface area (Å²) in [5.74, 6) is -1.93. The van der Waals surface area contributed by atoms with Crippen LogP contribution in [0.3, 0.4) is 0 Å². The van der Waals surface area contributed by atoms with Gasteiger partial charge in [-0.3, -0.25) is 14.4 Å². The van der Waals surface area contributed by atoms with Gasteiger partial charge in [-0.25, -0.2) is 0 Å². The van der Waals surface area contributed by atoms with Gasteiger partial charge in [0, 0.05) is 24.1 Å². The summed E-state index contributed by atoms with van der Waals surface area (Å²) >= 11 is 0. The Labute approximate surface area is 146 Å². The molecule has 2 rings (SSSR count). The highest BCUT2D eigenvalue weighted by Gasteiger charge is 2.14. The minimum atomic E-state index is -0.924. The maximum absolute atomic E-state index is 12.1. The van der Waals surface area contributed by atoms with Crippen LogP contribution in [0, 0.1) is 6.92 Å². The van der Waals surface area contributed by atoms with Gasteiger partial charge in [-0.2, -0.15) is 0 Å². The van der Waals surface area contributed by atoms with Crippen LogP contribution in [0.5, 0.6) is 0 Å². The first-order valence-corrected chi connectivity index (χ1v) is 8.09. The maximum Gasteiger partial charge on any atom is 0.310 e. The lowest BCUT2D eigenvalue weighted by atomic mass is 10.0. The highest BCUT2D eigenvalue weighted by molar-refractivity contribution is 6.00. The van der Waals surface area contributed by atoms with Crippen molar-refractivity contribution in [2.75, 3.05) is 5.32 Å². The Bertz CT molecular complexity index is 781. The molecular formula is C20H21NO4. The maximum atomic E-state index is 12.1. The van der Waals surface area contributed by atoms with Gasteiger partial charge in [0.25, 0.3) is 0 Å². The predicted molar refractivity (Wildman–Crippen MR) is 95.9 cm³/mol. The fraction of sp³-hybridized carbons (Fsp3) is 0.250. The van der Waals surface area contributed by atoms with Gasteiger partial charge in [0.2, 0.25) is 5.91 Å². The molecule has 0 aliphatic heterocycles. The number of benzene rings is 2. The van der Waals surface area contributed by atoms with E-state index in [1.165, 1.54) is 0 Å². The molecule has 0 heterocycles. The number of carboxylic acids is 1. The van der Waals surface area contributed by atoms with Crippen LogP contribution in [0.4, 0.5) is 5.69 Å². The quantitative estimate of drug-likeness (QED) is 0.752. The highest BCUT2D eigenvalue weighted by atomic mass is 16.4. The third kappa shape index (κ3) is 5.28. The van der Waals surface area contributed by atoms with Crippen LogP contribution in [0.15, 0.2) is 48.5 Å². The van der Waals surface area contributed by atoms with Crippen LogP contribution in [-0.2, 0) is 9.59 Å². The Hall–Kier alpha value is -2.95. The summed E-state index contributed by atoms with van der Waals surface area (Å²) in [6, 6.07) is 14.0. The number of carbonyl (C=O) groups excluding carboxylic acids is 2. The second kappa shape index (κ2) is 8.24. The largest absolute Gasteiger partial charge is 0.481 e. The fourth-order valence-corrected chi connectivity index (χ4v) is 2.36. The molecule has 0 spiro atoms. The number of rotatable bonds is 7. The van der Waals surface area contributed by atoms with E-state index in [2.05, 4.69) is 5.32 Å². The van der Waals surface area contributed by atoms with E-state index in [9.17, 15) is 14.4 Å². The molecule has 1 unspecified atom stereocenters. The first-order valence-electron chi connectivity index (χ1n) is 8.09. The molecule has 0 radical (unpaired) electrons. The average molecular weight is 339 g/mol. The Balaban J connectivity index is 1.92. The Kier molecular flexibility index (Phi) is 6.06.